The Morgan fingerprint density at radius 1 is 1.23 bits per heavy atom. The predicted molar refractivity (Wildman–Crippen MR) is 114 cm³/mol. The average molecular weight is 428 g/mol. The molecule has 1 amide bonds. The number of aromatic nitrogens is 2. The number of benzene rings is 1. The van der Waals surface area contributed by atoms with Gasteiger partial charge in [-0.25, -0.2) is 14.2 Å². The number of hydrogen-bond acceptors (Lipinski definition) is 5. The number of anilines is 2. The first-order chi connectivity index (χ1) is 14.9. The molecule has 5 rings (SSSR count). The van der Waals surface area contributed by atoms with Crippen LogP contribution in [0, 0.1) is 0 Å². The van der Waals surface area contributed by atoms with Crippen molar-refractivity contribution in [1.82, 2.24) is 25.5 Å². The number of amides is 1. The van der Waals surface area contributed by atoms with Gasteiger partial charge in [0.05, 0.1) is 6.54 Å². The first-order valence-corrected chi connectivity index (χ1v) is 10.6. The second-order valence-electron chi connectivity index (χ2n) is 8.42. The van der Waals surface area contributed by atoms with Gasteiger partial charge < -0.3 is 14.8 Å². The van der Waals surface area contributed by atoms with Gasteiger partial charge in [0.25, 0.3) is 6.43 Å². The minimum atomic E-state index is -2.57. The van der Waals surface area contributed by atoms with E-state index in [1.54, 1.807) is 22.9 Å². The summed E-state index contributed by atoms with van der Waals surface area (Å²) in [7, 11) is 1.86. The maximum Gasteiger partial charge on any atom is 0.264 e. The molecule has 0 spiro atoms. The molecule has 0 unspecified atom stereocenters. The fourth-order valence-electron chi connectivity index (χ4n) is 4.80. The van der Waals surface area contributed by atoms with Gasteiger partial charge in [0.15, 0.2) is 5.82 Å². The summed E-state index contributed by atoms with van der Waals surface area (Å²) in [4.78, 5) is 15.8. The predicted octanol–water partition coefficient (Wildman–Crippen LogP) is 3.13. The standard InChI is InChI=1S/C22H26F2N6O/c1-13(31)29-7-5-19-18(12-29)22(27-26-19)30-6-3-4-14-8-16(15-10-25-28(2)11-15)17(21(23)24)9-20(14)30/h8-9,11,21,25H,3-7,10,12H2,1-2H3,(H,26,27). The van der Waals surface area contributed by atoms with E-state index >= 15 is 0 Å². The van der Waals surface area contributed by atoms with Gasteiger partial charge in [-0.15, -0.1) is 0 Å². The Morgan fingerprint density at radius 2 is 2.06 bits per heavy atom. The zero-order valence-electron chi connectivity index (χ0n) is 17.7. The fourth-order valence-corrected chi connectivity index (χ4v) is 4.80. The Hall–Kier alpha value is -2.94. The third-order valence-electron chi connectivity index (χ3n) is 6.43. The van der Waals surface area contributed by atoms with Crippen molar-refractivity contribution in [2.75, 3.05) is 31.6 Å². The number of halogens is 2. The molecule has 0 fully saturated rings. The lowest BCUT2D eigenvalue weighted by Crippen LogP contribution is -2.35. The number of carbonyl (C=O) groups excluding carboxylic acids is 1. The van der Waals surface area contributed by atoms with Crippen molar-refractivity contribution in [3.05, 3.63) is 46.3 Å². The second kappa shape index (κ2) is 7.64. The van der Waals surface area contributed by atoms with E-state index in [1.807, 2.05) is 24.2 Å². The summed E-state index contributed by atoms with van der Waals surface area (Å²) in [6.45, 7) is 3.97. The van der Waals surface area contributed by atoms with Crippen LogP contribution in [0.15, 0.2) is 18.3 Å². The van der Waals surface area contributed by atoms with Crippen LogP contribution >= 0.6 is 0 Å². The molecule has 1 aromatic carbocycles. The van der Waals surface area contributed by atoms with E-state index in [0.717, 1.165) is 53.2 Å². The number of aromatic amines is 1. The van der Waals surface area contributed by atoms with E-state index < -0.39 is 6.43 Å². The molecular weight excluding hydrogens is 402 g/mol. The highest BCUT2D eigenvalue weighted by atomic mass is 19.3. The number of fused-ring (bicyclic) bond motifs is 2. The Kier molecular flexibility index (Phi) is 4.92. The summed E-state index contributed by atoms with van der Waals surface area (Å²) >= 11 is 0. The number of hydrazine groups is 1. The number of hydrogen-bond donors (Lipinski definition) is 2. The van der Waals surface area contributed by atoms with Gasteiger partial charge >= 0.3 is 0 Å². The SMILES string of the molecule is CC(=O)N1CCc2[nH]nc(N3CCCc4cc(C5=CN(C)NC5)c(C(F)F)cc43)c2C1. The summed E-state index contributed by atoms with van der Waals surface area (Å²) in [5.41, 5.74) is 8.51. The highest BCUT2D eigenvalue weighted by molar-refractivity contribution is 5.78. The summed E-state index contributed by atoms with van der Waals surface area (Å²) in [5, 5.41) is 9.46. The van der Waals surface area contributed by atoms with Crippen LogP contribution in [0.3, 0.4) is 0 Å². The highest BCUT2D eigenvalue weighted by Gasteiger charge is 2.31. The zero-order valence-corrected chi connectivity index (χ0v) is 17.7. The van der Waals surface area contributed by atoms with E-state index in [2.05, 4.69) is 15.6 Å². The minimum Gasteiger partial charge on any atom is -0.338 e. The van der Waals surface area contributed by atoms with Crippen LogP contribution in [0.25, 0.3) is 5.57 Å². The van der Waals surface area contributed by atoms with Crippen molar-refractivity contribution in [3.8, 4) is 0 Å². The average Bonchev–Trinajstić information content (AvgIpc) is 3.38. The Morgan fingerprint density at radius 3 is 2.77 bits per heavy atom. The van der Waals surface area contributed by atoms with Crippen molar-refractivity contribution in [2.45, 2.75) is 39.2 Å². The molecule has 0 atom stereocenters. The molecule has 0 saturated carbocycles. The lowest BCUT2D eigenvalue weighted by molar-refractivity contribution is -0.129. The first kappa shape index (κ1) is 20.0. The molecule has 4 heterocycles. The van der Waals surface area contributed by atoms with Gasteiger partial charge in [-0.2, -0.15) is 5.10 Å². The van der Waals surface area contributed by atoms with Gasteiger partial charge in [-0.05, 0) is 41.7 Å². The zero-order chi connectivity index (χ0) is 21.7. The summed E-state index contributed by atoms with van der Waals surface area (Å²) in [6.07, 6.45) is 1.77. The highest BCUT2D eigenvalue weighted by Crippen LogP contribution is 2.41. The monoisotopic (exact) mass is 428 g/mol. The van der Waals surface area contributed by atoms with Gasteiger partial charge in [-0.1, -0.05) is 0 Å². The molecule has 2 N–H and O–H groups in total. The number of nitrogens with zero attached hydrogens (tertiary/aromatic N) is 4. The smallest absolute Gasteiger partial charge is 0.264 e. The van der Waals surface area contributed by atoms with E-state index in [-0.39, 0.29) is 11.5 Å². The molecule has 0 aliphatic carbocycles. The molecule has 0 saturated heterocycles. The Balaban J connectivity index is 1.57. The largest absolute Gasteiger partial charge is 0.338 e. The third kappa shape index (κ3) is 3.46. The molecule has 3 aliphatic heterocycles. The van der Waals surface area contributed by atoms with Gasteiger partial charge in [0, 0.05) is 68.7 Å². The number of nitrogens with one attached hydrogen (secondary N) is 2. The molecule has 1 aromatic heterocycles. The molecule has 0 bridgehead atoms. The molecule has 164 valence electrons. The van der Waals surface area contributed by atoms with Gasteiger partial charge in [0.1, 0.15) is 0 Å². The molecule has 0 radical (unpaired) electrons. The van der Waals surface area contributed by atoms with Crippen molar-refractivity contribution in [3.63, 3.8) is 0 Å². The lowest BCUT2D eigenvalue weighted by atomic mass is 9.92. The van der Waals surface area contributed by atoms with Crippen LogP contribution < -0.4 is 10.3 Å². The number of rotatable bonds is 3. The molecule has 7 nitrogen and oxygen atoms in total. The molecular formula is C22H26F2N6O. The van der Waals surface area contributed by atoms with Crippen LogP contribution in [-0.2, 0) is 24.2 Å². The summed E-state index contributed by atoms with van der Waals surface area (Å²) < 4.78 is 28.2. The van der Waals surface area contributed by atoms with Crippen molar-refractivity contribution in [1.29, 1.82) is 0 Å². The Bertz CT molecular complexity index is 1060. The van der Waals surface area contributed by atoms with E-state index in [4.69, 9.17) is 0 Å². The van der Waals surface area contributed by atoms with Crippen molar-refractivity contribution >= 4 is 23.0 Å². The fraction of sp³-hybridized carbons (Fsp3) is 0.455. The summed E-state index contributed by atoms with van der Waals surface area (Å²) in [6, 6.07) is 3.57. The van der Waals surface area contributed by atoms with Crippen LogP contribution in [-0.4, -0.2) is 52.7 Å². The van der Waals surface area contributed by atoms with Gasteiger partial charge in [-0.3, -0.25) is 9.89 Å². The van der Waals surface area contributed by atoms with Crippen molar-refractivity contribution in [2.24, 2.45) is 0 Å². The van der Waals surface area contributed by atoms with E-state index in [9.17, 15) is 13.6 Å². The van der Waals surface area contributed by atoms with Crippen LogP contribution in [0.1, 0.15) is 47.7 Å². The van der Waals surface area contributed by atoms with Crippen LogP contribution in [0.5, 0.6) is 0 Å². The number of alkyl halides is 2. The normalized spacial score (nSPS) is 18.4. The third-order valence-corrected chi connectivity index (χ3v) is 6.43. The number of aryl methyl sites for hydroxylation is 1. The maximum atomic E-state index is 14.1. The van der Waals surface area contributed by atoms with E-state index in [1.165, 1.54) is 0 Å². The van der Waals surface area contributed by atoms with Gasteiger partial charge in [0.2, 0.25) is 5.91 Å². The number of carbonyl (C=O) groups is 1. The first-order valence-electron chi connectivity index (χ1n) is 10.6. The summed E-state index contributed by atoms with van der Waals surface area (Å²) in [5.74, 6) is 0.779. The number of H-pyrrole nitrogens is 1. The molecule has 2 aromatic rings. The van der Waals surface area contributed by atoms with Crippen LogP contribution in [0.4, 0.5) is 20.3 Å². The minimum absolute atomic E-state index is 0.0323. The maximum absolute atomic E-state index is 14.1. The van der Waals surface area contributed by atoms with E-state index in [0.29, 0.717) is 31.7 Å². The molecule has 9 heteroatoms. The Labute approximate surface area is 179 Å². The van der Waals surface area contributed by atoms with Crippen molar-refractivity contribution < 1.29 is 13.6 Å². The quantitative estimate of drug-likeness (QED) is 0.786. The molecule has 31 heavy (non-hydrogen) atoms. The second-order valence-corrected chi connectivity index (χ2v) is 8.42. The lowest BCUT2D eigenvalue weighted by Gasteiger charge is -2.33. The topological polar surface area (TPSA) is 67.5 Å². The van der Waals surface area contributed by atoms with Crippen LogP contribution in [0.2, 0.25) is 0 Å². The molecule has 3 aliphatic rings.